The van der Waals surface area contributed by atoms with Gasteiger partial charge in [0.1, 0.15) is 5.78 Å². The normalized spacial score (nSPS) is 15.2. The van der Waals surface area contributed by atoms with Gasteiger partial charge in [-0.25, -0.2) is 0 Å². The molecule has 0 bridgehead atoms. The van der Waals surface area contributed by atoms with Crippen LogP contribution in [0.5, 0.6) is 0 Å². The number of rotatable bonds is 10. The number of carbonyl (C=O) groups is 4. The van der Waals surface area contributed by atoms with Crippen LogP contribution in [-0.4, -0.2) is 84.1 Å². The molecule has 3 amide bonds. The Balaban J connectivity index is 1.21. The molecule has 2 fully saturated rings. The van der Waals surface area contributed by atoms with Gasteiger partial charge < -0.3 is 20.4 Å². The maximum atomic E-state index is 13.7. The molecule has 3 aromatic carbocycles. The lowest BCUT2D eigenvalue weighted by atomic mass is 10.0. The Hall–Kier alpha value is -5.56. The summed E-state index contributed by atoms with van der Waals surface area (Å²) in [6.45, 7) is 5.69. The number of pyridine rings is 1. The van der Waals surface area contributed by atoms with Crippen LogP contribution < -0.4 is 15.5 Å². The number of carbonyl (C=O) groups excluding carboxylic acids is 4. The summed E-state index contributed by atoms with van der Waals surface area (Å²) in [4.78, 5) is 62.4. The van der Waals surface area contributed by atoms with Gasteiger partial charge in [0.2, 0.25) is 0 Å². The molecular formula is C40H41F3N6O4. The number of alkyl halides is 3. The summed E-state index contributed by atoms with van der Waals surface area (Å²) in [6.07, 6.45) is 0.231. The highest BCUT2D eigenvalue weighted by atomic mass is 19.4. The molecule has 1 aromatic heterocycles. The SMILES string of the molecule is CC(=O)CN1CCN(C(=O)c2cccc(C(=O)Nc3ccc(N4CCCCC4)cc3-c3cc(C(=O)NCc4cccc(C(F)(F)F)c4)ccn3)c2)CC1. The van der Waals surface area contributed by atoms with E-state index in [0.717, 1.165) is 50.2 Å². The van der Waals surface area contributed by atoms with Gasteiger partial charge in [-0.1, -0.05) is 18.2 Å². The van der Waals surface area contributed by atoms with Crippen LogP contribution >= 0.6 is 0 Å². The summed E-state index contributed by atoms with van der Waals surface area (Å²) in [5, 5.41) is 5.68. The van der Waals surface area contributed by atoms with Crippen molar-refractivity contribution in [1.29, 1.82) is 0 Å². The monoisotopic (exact) mass is 726 g/mol. The number of piperazine rings is 1. The number of piperidine rings is 1. The molecule has 0 radical (unpaired) electrons. The van der Waals surface area contributed by atoms with E-state index in [1.807, 2.05) is 17.0 Å². The van der Waals surface area contributed by atoms with Crippen molar-refractivity contribution >= 4 is 34.9 Å². The van der Waals surface area contributed by atoms with Crippen molar-refractivity contribution in [1.82, 2.24) is 20.1 Å². The lowest BCUT2D eigenvalue weighted by Crippen LogP contribution is -2.49. The Morgan fingerprint density at radius 1 is 0.755 bits per heavy atom. The highest BCUT2D eigenvalue weighted by Gasteiger charge is 2.30. The first kappa shape index (κ1) is 37.2. The smallest absolute Gasteiger partial charge is 0.372 e. The third kappa shape index (κ3) is 9.46. The number of nitrogens with zero attached hydrogens (tertiary/aromatic N) is 4. The van der Waals surface area contributed by atoms with Crippen LogP contribution in [0.2, 0.25) is 0 Å². The number of ketones is 1. The van der Waals surface area contributed by atoms with E-state index < -0.39 is 23.6 Å². The van der Waals surface area contributed by atoms with Crippen molar-refractivity contribution < 1.29 is 32.3 Å². The molecule has 3 heterocycles. The fourth-order valence-corrected chi connectivity index (χ4v) is 6.66. The number of aromatic nitrogens is 1. The second-order valence-electron chi connectivity index (χ2n) is 13.4. The fraction of sp³-hybridized carbons (Fsp3) is 0.325. The molecule has 0 spiro atoms. The van der Waals surface area contributed by atoms with Gasteiger partial charge in [0.15, 0.2) is 0 Å². The van der Waals surface area contributed by atoms with Gasteiger partial charge in [-0.3, -0.25) is 29.1 Å². The highest BCUT2D eigenvalue weighted by Crippen LogP contribution is 2.34. The lowest BCUT2D eigenvalue weighted by molar-refractivity contribution is -0.137. The maximum absolute atomic E-state index is 13.7. The number of hydrogen-bond acceptors (Lipinski definition) is 7. The molecule has 276 valence electrons. The Morgan fingerprint density at radius 2 is 1.47 bits per heavy atom. The zero-order valence-electron chi connectivity index (χ0n) is 29.4. The van der Waals surface area contributed by atoms with Gasteiger partial charge >= 0.3 is 6.18 Å². The van der Waals surface area contributed by atoms with Crippen LogP contribution in [0.1, 0.15) is 68.4 Å². The van der Waals surface area contributed by atoms with E-state index in [4.69, 9.17) is 0 Å². The first-order valence-electron chi connectivity index (χ1n) is 17.7. The molecule has 0 saturated carbocycles. The van der Waals surface area contributed by atoms with Gasteiger partial charge in [-0.2, -0.15) is 13.2 Å². The fourth-order valence-electron chi connectivity index (χ4n) is 6.66. The molecule has 2 aliphatic rings. The van der Waals surface area contributed by atoms with E-state index in [1.165, 1.54) is 24.4 Å². The number of Topliss-reactive ketones (excluding diaryl/α,β-unsaturated/α-hetero) is 1. The molecule has 13 heteroatoms. The Bertz CT molecular complexity index is 1990. The third-order valence-corrected chi connectivity index (χ3v) is 9.46. The van der Waals surface area contributed by atoms with Gasteiger partial charge in [0, 0.05) is 80.0 Å². The lowest BCUT2D eigenvalue weighted by Gasteiger charge is -2.34. The molecule has 0 aliphatic carbocycles. The van der Waals surface area contributed by atoms with Crippen molar-refractivity contribution in [3.8, 4) is 11.3 Å². The number of anilines is 2. The van der Waals surface area contributed by atoms with Crippen molar-refractivity contribution in [2.75, 3.05) is 56.0 Å². The minimum Gasteiger partial charge on any atom is -0.372 e. The maximum Gasteiger partial charge on any atom is 0.416 e. The van der Waals surface area contributed by atoms with Crippen molar-refractivity contribution in [2.24, 2.45) is 0 Å². The van der Waals surface area contributed by atoms with E-state index >= 15 is 0 Å². The Morgan fingerprint density at radius 3 is 2.21 bits per heavy atom. The van der Waals surface area contributed by atoms with E-state index in [-0.39, 0.29) is 29.4 Å². The van der Waals surface area contributed by atoms with Crippen LogP contribution in [-0.2, 0) is 17.5 Å². The van der Waals surface area contributed by atoms with Crippen LogP contribution in [0.15, 0.2) is 85.1 Å². The first-order chi connectivity index (χ1) is 25.4. The van der Waals surface area contributed by atoms with E-state index in [2.05, 4.69) is 20.5 Å². The molecule has 2 saturated heterocycles. The van der Waals surface area contributed by atoms with Crippen molar-refractivity contribution in [2.45, 2.75) is 38.9 Å². The first-order valence-corrected chi connectivity index (χ1v) is 17.7. The predicted molar refractivity (Wildman–Crippen MR) is 196 cm³/mol. The number of halogens is 3. The second kappa shape index (κ2) is 16.4. The second-order valence-corrected chi connectivity index (χ2v) is 13.4. The van der Waals surface area contributed by atoms with Crippen LogP contribution in [0.4, 0.5) is 24.5 Å². The zero-order chi connectivity index (χ0) is 37.5. The molecule has 2 aliphatic heterocycles. The van der Waals surface area contributed by atoms with Crippen molar-refractivity contribution in [3.63, 3.8) is 0 Å². The number of nitrogens with one attached hydrogen (secondary N) is 2. The zero-order valence-corrected chi connectivity index (χ0v) is 29.4. The standard InChI is InChI=1S/C40H41F3N6O4/c1-27(50)26-47-17-19-49(20-18-47)39(53)31-9-6-8-29(22-31)38(52)46-35-12-11-33(48-15-3-2-4-16-48)24-34(35)36-23-30(13-14-44-36)37(51)45-25-28-7-5-10-32(21-28)40(41,42)43/h5-14,21-24H,2-4,15-20,25-26H2,1H3,(H,45,51)(H,46,52). The van der Waals surface area contributed by atoms with E-state index in [9.17, 15) is 32.3 Å². The van der Waals surface area contributed by atoms with Gasteiger partial charge in [-0.05, 0) is 92.4 Å². The molecule has 4 aromatic rings. The summed E-state index contributed by atoms with van der Waals surface area (Å²) in [6, 6.07) is 20.1. The summed E-state index contributed by atoms with van der Waals surface area (Å²) in [5.74, 6) is -1.05. The Labute approximate surface area is 306 Å². The molecule has 0 atom stereocenters. The summed E-state index contributed by atoms with van der Waals surface area (Å²) < 4.78 is 39.6. The average molecular weight is 727 g/mol. The van der Waals surface area contributed by atoms with Crippen LogP contribution in [0, 0.1) is 0 Å². The Kier molecular flexibility index (Phi) is 11.5. The van der Waals surface area contributed by atoms with Crippen molar-refractivity contribution in [3.05, 3.63) is 113 Å². The summed E-state index contributed by atoms with van der Waals surface area (Å²) in [5.41, 5.74) is 2.80. The van der Waals surface area contributed by atoms with Crippen LogP contribution in [0.3, 0.4) is 0 Å². The largest absolute Gasteiger partial charge is 0.416 e. The number of amides is 3. The number of benzene rings is 3. The quantitative estimate of drug-likeness (QED) is 0.198. The van der Waals surface area contributed by atoms with E-state index in [1.54, 1.807) is 48.2 Å². The summed E-state index contributed by atoms with van der Waals surface area (Å²) >= 11 is 0. The topological polar surface area (TPSA) is 115 Å². The summed E-state index contributed by atoms with van der Waals surface area (Å²) in [7, 11) is 0. The minimum absolute atomic E-state index is 0.0780. The predicted octanol–water partition coefficient (Wildman–Crippen LogP) is 6.29. The molecule has 6 rings (SSSR count). The van der Waals surface area contributed by atoms with Gasteiger partial charge in [-0.15, -0.1) is 0 Å². The molecule has 53 heavy (non-hydrogen) atoms. The van der Waals surface area contributed by atoms with Gasteiger partial charge in [0.25, 0.3) is 17.7 Å². The average Bonchev–Trinajstić information content (AvgIpc) is 3.17. The molecule has 0 unspecified atom stereocenters. The molecule has 10 nitrogen and oxygen atoms in total. The third-order valence-electron chi connectivity index (χ3n) is 9.46. The molecule has 2 N–H and O–H groups in total. The molecular weight excluding hydrogens is 685 g/mol. The highest BCUT2D eigenvalue weighted by molar-refractivity contribution is 6.08. The van der Waals surface area contributed by atoms with Crippen LogP contribution in [0.25, 0.3) is 11.3 Å². The van der Waals surface area contributed by atoms with E-state index in [0.29, 0.717) is 60.8 Å². The minimum atomic E-state index is -4.50. The number of hydrogen-bond donors (Lipinski definition) is 2. The van der Waals surface area contributed by atoms with Gasteiger partial charge in [0.05, 0.1) is 23.5 Å².